The summed E-state index contributed by atoms with van der Waals surface area (Å²) < 4.78 is 1.22. The average Bonchev–Trinajstić information content (AvgIpc) is 2.97. The molecular weight excluding hydrogens is 326 g/mol. The number of hydrogen-bond acceptors (Lipinski definition) is 3. The van der Waals surface area contributed by atoms with E-state index in [0.717, 1.165) is 18.7 Å². The van der Waals surface area contributed by atoms with E-state index in [0.29, 0.717) is 6.04 Å². The molecule has 0 aliphatic carbocycles. The van der Waals surface area contributed by atoms with E-state index in [1.807, 2.05) is 23.1 Å². The van der Waals surface area contributed by atoms with Gasteiger partial charge in [0, 0.05) is 28.1 Å². The predicted octanol–water partition coefficient (Wildman–Crippen LogP) is 4.49. The molecule has 4 heteroatoms. The van der Waals surface area contributed by atoms with E-state index in [2.05, 4.69) is 57.6 Å². The second kappa shape index (κ2) is 5.78. The normalized spacial score (nSPS) is 17.9. The number of thioether (sulfide) groups is 1. The van der Waals surface area contributed by atoms with Crippen LogP contribution in [0.15, 0.2) is 45.1 Å². The Bertz CT molecular complexity index is 538. The van der Waals surface area contributed by atoms with Gasteiger partial charge in [0.1, 0.15) is 0 Å². The van der Waals surface area contributed by atoms with E-state index in [9.17, 15) is 0 Å². The molecule has 1 aliphatic rings. The van der Waals surface area contributed by atoms with Crippen molar-refractivity contribution in [3.63, 3.8) is 0 Å². The number of benzene rings is 1. The van der Waals surface area contributed by atoms with Gasteiger partial charge in [0.15, 0.2) is 0 Å². The van der Waals surface area contributed by atoms with Crippen LogP contribution in [-0.4, -0.2) is 12.3 Å². The van der Waals surface area contributed by atoms with Gasteiger partial charge in [0.2, 0.25) is 0 Å². The van der Waals surface area contributed by atoms with Gasteiger partial charge in [0.25, 0.3) is 0 Å². The number of halogens is 1. The van der Waals surface area contributed by atoms with E-state index in [1.54, 1.807) is 0 Å². The van der Waals surface area contributed by atoms with Crippen molar-refractivity contribution in [1.29, 1.82) is 0 Å². The molecule has 1 aromatic heterocycles. The summed E-state index contributed by atoms with van der Waals surface area (Å²) in [4.78, 5) is 2.88. The number of thiophene rings is 1. The molecule has 2 heterocycles. The molecular formula is C14H14BrNS2. The summed E-state index contributed by atoms with van der Waals surface area (Å²) in [6.45, 7) is 1.05. The molecule has 1 N–H and O–H groups in total. The predicted molar refractivity (Wildman–Crippen MR) is 83.6 cm³/mol. The van der Waals surface area contributed by atoms with Crippen LogP contribution in [0.5, 0.6) is 0 Å². The summed E-state index contributed by atoms with van der Waals surface area (Å²) in [6.07, 6.45) is 1.11. The fourth-order valence-electron chi connectivity index (χ4n) is 2.19. The van der Waals surface area contributed by atoms with Crippen LogP contribution >= 0.6 is 39.0 Å². The topological polar surface area (TPSA) is 12.0 Å². The Morgan fingerprint density at radius 2 is 2.11 bits per heavy atom. The fourth-order valence-corrected chi connectivity index (χ4v) is 4.87. The first-order chi connectivity index (χ1) is 8.83. The largest absolute Gasteiger partial charge is 0.309 e. The van der Waals surface area contributed by atoms with Crippen molar-refractivity contribution in [2.75, 3.05) is 12.3 Å². The van der Waals surface area contributed by atoms with Gasteiger partial charge in [-0.15, -0.1) is 23.1 Å². The molecule has 18 heavy (non-hydrogen) atoms. The highest BCUT2D eigenvalue weighted by atomic mass is 79.9. The summed E-state index contributed by atoms with van der Waals surface area (Å²) in [5, 5.41) is 3.67. The molecule has 0 saturated carbocycles. The minimum atomic E-state index is 0.523. The van der Waals surface area contributed by atoms with Gasteiger partial charge in [-0.1, -0.05) is 18.2 Å². The Kier molecular flexibility index (Phi) is 4.09. The SMILES string of the molecule is Brc1ccc(CCNC2CSc3ccccc32)s1. The molecule has 3 rings (SSSR count). The van der Waals surface area contributed by atoms with E-state index in [-0.39, 0.29) is 0 Å². The van der Waals surface area contributed by atoms with Crippen molar-refractivity contribution in [2.24, 2.45) is 0 Å². The van der Waals surface area contributed by atoms with Crippen LogP contribution in [0, 0.1) is 0 Å². The van der Waals surface area contributed by atoms with Gasteiger partial charge in [0.05, 0.1) is 3.79 Å². The quantitative estimate of drug-likeness (QED) is 0.880. The first-order valence-corrected chi connectivity index (χ1v) is 8.62. The van der Waals surface area contributed by atoms with Crippen molar-refractivity contribution in [1.82, 2.24) is 5.32 Å². The summed E-state index contributed by atoms with van der Waals surface area (Å²) in [7, 11) is 0. The summed E-state index contributed by atoms with van der Waals surface area (Å²) >= 11 is 7.29. The third-order valence-electron chi connectivity index (χ3n) is 3.09. The molecule has 1 atom stereocenters. The average molecular weight is 340 g/mol. The van der Waals surface area contributed by atoms with Crippen molar-refractivity contribution in [3.05, 3.63) is 50.6 Å². The van der Waals surface area contributed by atoms with Gasteiger partial charge in [-0.25, -0.2) is 0 Å². The Labute approximate surface area is 124 Å². The minimum absolute atomic E-state index is 0.523. The lowest BCUT2D eigenvalue weighted by molar-refractivity contribution is 0.587. The van der Waals surface area contributed by atoms with Crippen LogP contribution in [0.25, 0.3) is 0 Å². The maximum Gasteiger partial charge on any atom is 0.0701 e. The first-order valence-electron chi connectivity index (χ1n) is 6.02. The Hall–Kier alpha value is -0.290. The molecule has 0 saturated heterocycles. The molecule has 0 amide bonds. The molecule has 0 spiro atoms. The zero-order chi connectivity index (χ0) is 12.4. The van der Waals surface area contributed by atoms with Crippen LogP contribution in [0.1, 0.15) is 16.5 Å². The van der Waals surface area contributed by atoms with Crippen LogP contribution in [0.2, 0.25) is 0 Å². The number of hydrogen-bond donors (Lipinski definition) is 1. The van der Waals surface area contributed by atoms with E-state index in [4.69, 9.17) is 0 Å². The second-order valence-corrected chi connectivity index (χ2v) is 7.92. The van der Waals surface area contributed by atoms with E-state index in [1.165, 1.54) is 19.1 Å². The molecule has 0 radical (unpaired) electrons. The fraction of sp³-hybridized carbons (Fsp3) is 0.286. The Balaban J connectivity index is 1.56. The van der Waals surface area contributed by atoms with Gasteiger partial charge in [-0.05, 0) is 46.1 Å². The molecule has 0 bridgehead atoms. The molecule has 1 nitrogen and oxygen atoms in total. The second-order valence-electron chi connectivity index (χ2n) is 4.31. The van der Waals surface area contributed by atoms with Gasteiger partial charge in [-0.2, -0.15) is 0 Å². The third-order valence-corrected chi connectivity index (χ3v) is 5.96. The molecule has 2 aromatic rings. The molecule has 94 valence electrons. The van der Waals surface area contributed by atoms with E-state index < -0.39 is 0 Å². The van der Waals surface area contributed by atoms with Crippen LogP contribution < -0.4 is 5.32 Å². The van der Waals surface area contributed by atoms with Crippen molar-refractivity contribution < 1.29 is 0 Å². The summed E-state index contributed by atoms with van der Waals surface area (Å²) in [5.41, 5.74) is 1.47. The van der Waals surface area contributed by atoms with Gasteiger partial charge in [-0.3, -0.25) is 0 Å². The Morgan fingerprint density at radius 3 is 2.94 bits per heavy atom. The molecule has 0 fully saturated rings. The monoisotopic (exact) mass is 339 g/mol. The number of nitrogens with one attached hydrogen (secondary N) is 1. The van der Waals surface area contributed by atoms with Crippen molar-refractivity contribution in [3.8, 4) is 0 Å². The number of rotatable bonds is 4. The highest BCUT2D eigenvalue weighted by Gasteiger charge is 2.21. The zero-order valence-electron chi connectivity index (χ0n) is 9.86. The van der Waals surface area contributed by atoms with Crippen molar-refractivity contribution >= 4 is 39.0 Å². The maximum atomic E-state index is 3.67. The standard InChI is InChI=1S/C14H14BrNS2/c15-14-6-5-10(18-14)7-8-16-12-9-17-13-4-2-1-3-11(12)13/h1-6,12,16H,7-9H2. The smallest absolute Gasteiger partial charge is 0.0701 e. The highest BCUT2D eigenvalue weighted by molar-refractivity contribution is 9.11. The minimum Gasteiger partial charge on any atom is -0.309 e. The maximum absolute atomic E-state index is 3.67. The van der Waals surface area contributed by atoms with E-state index >= 15 is 0 Å². The van der Waals surface area contributed by atoms with Crippen LogP contribution in [0.3, 0.4) is 0 Å². The zero-order valence-corrected chi connectivity index (χ0v) is 13.1. The molecule has 1 unspecified atom stereocenters. The summed E-state index contributed by atoms with van der Waals surface area (Å²) in [6, 6.07) is 13.6. The third kappa shape index (κ3) is 2.82. The highest BCUT2D eigenvalue weighted by Crippen LogP contribution is 2.37. The number of fused-ring (bicyclic) bond motifs is 1. The molecule has 1 aliphatic heterocycles. The lowest BCUT2D eigenvalue weighted by Crippen LogP contribution is -2.23. The van der Waals surface area contributed by atoms with Crippen molar-refractivity contribution in [2.45, 2.75) is 17.4 Å². The first kappa shape index (κ1) is 12.7. The lowest BCUT2D eigenvalue weighted by atomic mass is 10.1. The lowest BCUT2D eigenvalue weighted by Gasteiger charge is -2.12. The molecule has 1 aromatic carbocycles. The van der Waals surface area contributed by atoms with Gasteiger partial charge >= 0.3 is 0 Å². The Morgan fingerprint density at radius 1 is 1.22 bits per heavy atom. The van der Waals surface area contributed by atoms with Crippen LogP contribution in [-0.2, 0) is 6.42 Å². The van der Waals surface area contributed by atoms with Gasteiger partial charge < -0.3 is 5.32 Å². The van der Waals surface area contributed by atoms with Crippen LogP contribution in [0.4, 0.5) is 0 Å². The summed E-state index contributed by atoms with van der Waals surface area (Å²) in [5.74, 6) is 1.16.